The van der Waals surface area contributed by atoms with Gasteiger partial charge in [0.1, 0.15) is 0 Å². The van der Waals surface area contributed by atoms with Crippen LogP contribution in [0.3, 0.4) is 0 Å². The molecular weight excluding hydrogens is 243 g/mol. The van der Waals surface area contributed by atoms with Gasteiger partial charge in [0.05, 0.1) is 6.42 Å². The maximum Gasteiger partial charge on any atom is 0.390 e. The summed E-state index contributed by atoms with van der Waals surface area (Å²) in [6.07, 6.45) is -5.88. The standard InChI is InChI=1S/C9H14F3NO4/c1-2-3-8(17,7(15)16)6(14)13-5-4-9(10,11)12/h17H,2-5H2,1H3,(H,13,14)(H,15,16). The number of nitrogens with one attached hydrogen (secondary N) is 1. The molecule has 5 nitrogen and oxygen atoms in total. The van der Waals surface area contributed by atoms with Gasteiger partial charge in [-0.2, -0.15) is 13.2 Å². The average Bonchev–Trinajstić information content (AvgIpc) is 2.15. The van der Waals surface area contributed by atoms with Gasteiger partial charge in [0.2, 0.25) is 5.60 Å². The van der Waals surface area contributed by atoms with Gasteiger partial charge < -0.3 is 15.5 Å². The number of carbonyl (C=O) groups excluding carboxylic acids is 1. The molecule has 0 aromatic rings. The lowest BCUT2D eigenvalue weighted by molar-refractivity contribution is -0.167. The predicted molar refractivity (Wildman–Crippen MR) is 51.2 cm³/mol. The first kappa shape index (κ1) is 15.7. The van der Waals surface area contributed by atoms with E-state index in [1.165, 1.54) is 6.92 Å². The highest BCUT2D eigenvalue weighted by Gasteiger charge is 2.43. The summed E-state index contributed by atoms with van der Waals surface area (Å²) in [5.74, 6) is -3.10. The molecule has 0 spiro atoms. The van der Waals surface area contributed by atoms with Crippen molar-refractivity contribution in [2.45, 2.75) is 38.0 Å². The van der Waals surface area contributed by atoms with Crippen molar-refractivity contribution in [2.24, 2.45) is 0 Å². The predicted octanol–water partition coefficient (Wildman–Crippen LogP) is 0.671. The minimum Gasteiger partial charge on any atom is -0.479 e. The number of carboxylic acids is 1. The van der Waals surface area contributed by atoms with Crippen LogP contribution < -0.4 is 5.32 Å². The van der Waals surface area contributed by atoms with Crippen molar-refractivity contribution in [2.75, 3.05) is 6.54 Å². The Balaban J connectivity index is 4.41. The molecule has 1 unspecified atom stereocenters. The Morgan fingerprint density at radius 1 is 1.24 bits per heavy atom. The lowest BCUT2D eigenvalue weighted by Crippen LogP contribution is -2.53. The maximum atomic E-state index is 11.8. The molecule has 0 aromatic carbocycles. The summed E-state index contributed by atoms with van der Waals surface area (Å²) >= 11 is 0. The topological polar surface area (TPSA) is 86.6 Å². The molecule has 0 aliphatic heterocycles. The second-order valence-electron chi connectivity index (χ2n) is 3.54. The zero-order valence-electron chi connectivity index (χ0n) is 9.17. The van der Waals surface area contributed by atoms with E-state index in [4.69, 9.17) is 5.11 Å². The van der Waals surface area contributed by atoms with Crippen molar-refractivity contribution < 1.29 is 33.0 Å². The number of aliphatic carboxylic acids is 1. The quantitative estimate of drug-likeness (QED) is 0.610. The van der Waals surface area contributed by atoms with Gasteiger partial charge in [-0.25, -0.2) is 4.79 Å². The van der Waals surface area contributed by atoms with Crippen LogP contribution in [0.4, 0.5) is 13.2 Å². The Bertz CT molecular complexity index is 292. The van der Waals surface area contributed by atoms with E-state index in [0.717, 1.165) is 0 Å². The third kappa shape index (κ3) is 5.03. The van der Waals surface area contributed by atoms with Gasteiger partial charge in [0, 0.05) is 6.54 Å². The van der Waals surface area contributed by atoms with Crippen molar-refractivity contribution >= 4 is 11.9 Å². The minimum atomic E-state index is -4.45. The maximum absolute atomic E-state index is 11.8. The molecule has 0 saturated carbocycles. The highest BCUT2D eigenvalue weighted by atomic mass is 19.4. The first-order valence-electron chi connectivity index (χ1n) is 4.94. The van der Waals surface area contributed by atoms with Crippen LogP contribution in [0, 0.1) is 0 Å². The minimum absolute atomic E-state index is 0.204. The number of amides is 1. The van der Waals surface area contributed by atoms with Crippen molar-refractivity contribution in [1.82, 2.24) is 5.32 Å². The van der Waals surface area contributed by atoms with Gasteiger partial charge in [0.25, 0.3) is 5.91 Å². The van der Waals surface area contributed by atoms with E-state index in [0.29, 0.717) is 0 Å². The number of carbonyl (C=O) groups is 2. The van der Waals surface area contributed by atoms with E-state index in [-0.39, 0.29) is 12.8 Å². The number of aliphatic hydroxyl groups is 1. The van der Waals surface area contributed by atoms with Gasteiger partial charge in [0.15, 0.2) is 0 Å². The van der Waals surface area contributed by atoms with Crippen LogP contribution in [0.15, 0.2) is 0 Å². The van der Waals surface area contributed by atoms with Crippen LogP contribution in [0.2, 0.25) is 0 Å². The molecule has 0 rings (SSSR count). The highest BCUT2D eigenvalue weighted by molar-refractivity contribution is 6.04. The third-order valence-electron chi connectivity index (χ3n) is 2.04. The molecule has 0 bridgehead atoms. The molecular formula is C9H14F3NO4. The summed E-state index contributed by atoms with van der Waals surface area (Å²) in [4.78, 5) is 22.0. The number of rotatable bonds is 6. The second kappa shape index (κ2) is 5.85. The van der Waals surface area contributed by atoms with Crippen molar-refractivity contribution in [1.29, 1.82) is 0 Å². The number of halogens is 3. The second-order valence-corrected chi connectivity index (χ2v) is 3.54. The van der Waals surface area contributed by atoms with Gasteiger partial charge in [-0.1, -0.05) is 13.3 Å². The Kier molecular flexibility index (Phi) is 5.40. The fraction of sp³-hybridized carbons (Fsp3) is 0.778. The third-order valence-corrected chi connectivity index (χ3v) is 2.04. The summed E-state index contributed by atoms with van der Waals surface area (Å²) in [6, 6.07) is 0. The molecule has 3 N–H and O–H groups in total. The average molecular weight is 257 g/mol. The fourth-order valence-electron chi connectivity index (χ4n) is 1.14. The van der Waals surface area contributed by atoms with Gasteiger partial charge in [-0.15, -0.1) is 0 Å². The van der Waals surface area contributed by atoms with Crippen LogP contribution in [-0.2, 0) is 9.59 Å². The van der Waals surface area contributed by atoms with Crippen LogP contribution in [-0.4, -0.2) is 40.4 Å². The molecule has 0 aliphatic carbocycles. The lowest BCUT2D eigenvalue weighted by Gasteiger charge is -2.21. The molecule has 17 heavy (non-hydrogen) atoms. The first-order valence-corrected chi connectivity index (χ1v) is 4.94. The largest absolute Gasteiger partial charge is 0.479 e. The molecule has 0 aromatic heterocycles. The fourth-order valence-corrected chi connectivity index (χ4v) is 1.14. The summed E-state index contributed by atoms with van der Waals surface area (Å²) in [7, 11) is 0. The molecule has 0 heterocycles. The van der Waals surface area contributed by atoms with E-state index in [9.17, 15) is 27.9 Å². The Labute approximate surface area is 95.6 Å². The van der Waals surface area contributed by atoms with E-state index in [1.54, 1.807) is 5.32 Å². The molecule has 1 atom stereocenters. The molecule has 100 valence electrons. The molecule has 0 saturated heterocycles. The summed E-state index contributed by atoms with van der Waals surface area (Å²) < 4.78 is 35.3. The van der Waals surface area contributed by atoms with Crippen molar-refractivity contribution in [3.63, 3.8) is 0 Å². The van der Waals surface area contributed by atoms with Crippen LogP contribution in [0.25, 0.3) is 0 Å². The normalized spacial score (nSPS) is 15.1. The Morgan fingerprint density at radius 2 is 1.76 bits per heavy atom. The number of alkyl halides is 3. The van der Waals surface area contributed by atoms with E-state index in [1.807, 2.05) is 0 Å². The zero-order valence-corrected chi connectivity index (χ0v) is 9.17. The summed E-state index contributed by atoms with van der Waals surface area (Å²) in [5.41, 5.74) is -2.67. The van der Waals surface area contributed by atoms with E-state index < -0.39 is 36.6 Å². The highest BCUT2D eigenvalue weighted by Crippen LogP contribution is 2.19. The van der Waals surface area contributed by atoms with Crippen LogP contribution >= 0.6 is 0 Å². The van der Waals surface area contributed by atoms with Gasteiger partial charge >= 0.3 is 12.1 Å². The monoisotopic (exact) mass is 257 g/mol. The molecule has 8 heteroatoms. The number of carboxylic acid groups (broad SMARTS) is 1. The number of hydrogen-bond donors (Lipinski definition) is 3. The molecule has 0 aliphatic rings. The molecule has 0 fully saturated rings. The van der Waals surface area contributed by atoms with Crippen molar-refractivity contribution in [3.05, 3.63) is 0 Å². The van der Waals surface area contributed by atoms with E-state index >= 15 is 0 Å². The zero-order chi connectivity index (χ0) is 13.7. The molecule has 0 radical (unpaired) electrons. The van der Waals surface area contributed by atoms with E-state index in [2.05, 4.69) is 0 Å². The van der Waals surface area contributed by atoms with Crippen molar-refractivity contribution in [3.8, 4) is 0 Å². The number of hydrogen-bond acceptors (Lipinski definition) is 3. The van der Waals surface area contributed by atoms with Gasteiger partial charge in [-0.3, -0.25) is 4.79 Å². The summed E-state index contributed by atoms with van der Waals surface area (Å²) in [6.45, 7) is 0.776. The first-order chi connectivity index (χ1) is 7.63. The smallest absolute Gasteiger partial charge is 0.390 e. The van der Waals surface area contributed by atoms with Crippen LogP contribution in [0.1, 0.15) is 26.2 Å². The summed E-state index contributed by atoms with van der Waals surface area (Å²) in [5, 5.41) is 19.9. The lowest BCUT2D eigenvalue weighted by atomic mass is 9.97. The molecule has 1 amide bonds. The SMILES string of the molecule is CCCC(O)(C(=O)O)C(=O)NCCC(F)(F)F. The van der Waals surface area contributed by atoms with Gasteiger partial charge in [-0.05, 0) is 6.42 Å². The Hall–Kier alpha value is -1.31. The van der Waals surface area contributed by atoms with Crippen LogP contribution in [0.5, 0.6) is 0 Å². The Morgan fingerprint density at radius 3 is 2.12 bits per heavy atom.